The van der Waals surface area contributed by atoms with Gasteiger partial charge in [-0.3, -0.25) is 10.1 Å². The van der Waals surface area contributed by atoms with Crippen molar-refractivity contribution in [1.29, 1.82) is 0 Å². The van der Waals surface area contributed by atoms with Crippen LogP contribution in [-0.2, 0) is 11.3 Å². The summed E-state index contributed by atoms with van der Waals surface area (Å²) in [6.45, 7) is 6.82. The summed E-state index contributed by atoms with van der Waals surface area (Å²) >= 11 is 0. The molecule has 1 N–H and O–H groups in total. The van der Waals surface area contributed by atoms with Crippen molar-refractivity contribution in [2.24, 2.45) is 0 Å². The first-order chi connectivity index (χ1) is 8.54. The molecule has 2 heterocycles. The molecular formula is C11H18N4O3. The van der Waals surface area contributed by atoms with E-state index < -0.39 is 0 Å². The molecule has 18 heavy (non-hydrogen) atoms. The maximum atomic E-state index is 11.1. The Morgan fingerprint density at radius 1 is 1.67 bits per heavy atom. The number of aryl methyl sites for hydroxylation is 2. The van der Waals surface area contributed by atoms with Crippen LogP contribution in [-0.4, -0.2) is 33.5 Å². The Bertz CT molecular complexity index is 457. The van der Waals surface area contributed by atoms with E-state index in [-0.39, 0.29) is 22.8 Å². The number of hydrogen-bond acceptors (Lipinski definition) is 5. The van der Waals surface area contributed by atoms with Crippen LogP contribution in [0.4, 0.5) is 11.5 Å². The summed E-state index contributed by atoms with van der Waals surface area (Å²) in [5, 5.41) is 18.5. The van der Waals surface area contributed by atoms with Gasteiger partial charge in [0.05, 0.1) is 17.1 Å². The van der Waals surface area contributed by atoms with Gasteiger partial charge in [-0.1, -0.05) is 0 Å². The number of rotatable bonds is 4. The summed E-state index contributed by atoms with van der Waals surface area (Å²) in [4.78, 5) is 10.7. The molecule has 1 saturated heterocycles. The predicted octanol–water partition coefficient (Wildman–Crippen LogP) is 1.71. The zero-order chi connectivity index (χ0) is 13.3. The number of anilines is 1. The van der Waals surface area contributed by atoms with Gasteiger partial charge in [0.15, 0.2) is 0 Å². The minimum absolute atomic E-state index is 0.0603. The first kappa shape index (κ1) is 12.8. The Morgan fingerprint density at radius 2 is 2.39 bits per heavy atom. The van der Waals surface area contributed by atoms with Crippen molar-refractivity contribution < 1.29 is 9.66 Å². The smallest absolute Gasteiger partial charge is 0.333 e. The summed E-state index contributed by atoms with van der Waals surface area (Å²) in [5.41, 5.74) is 0.506. The fourth-order valence-electron chi connectivity index (χ4n) is 2.26. The van der Waals surface area contributed by atoms with Gasteiger partial charge in [0.25, 0.3) is 0 Å². The Morgan fingerprint density at radius 3 is 2.89 bits per heavy atom. The SMILES string of the molecule is CCn1nc(C)c([N+](=O)[O-])c1NC1CCOC1C. The van der Waals surface area contributed by atoms with Crippen molar-refractivity contribution >= 4 is 11.5 Å². The Labute approximate surface area is 105 Å². The average molecular weight is 254 g/mol. The van der Waals surface area contributed by atoms with Crippen LogP contribution in [0, 0.1) is 17.0 Å². The monoisotopic (exact) mass is 254 g/mol. The van der Waals surface area contributed by atoms with Gasteiger partial charge in [-0.15, -0.1) is 0 Å². The largest absolute Gasteiger partial charge is 0.376 e. The maximum absolute atomic E-state index is 11.1. The van der Waals surface area contributed by atoms with Gasteiger partial charge in [-0.25, -0.2) is 4.68 Å². The number of aromatic nitrogens is 2. The van der Waals surface area contributed by atoms with Crippen molar-refractivity contribution in [1.82, 2.24) is 9.78 Å². The Hall–Kier alpha value is -1.63. The molecule has 1 aliphatic rings. The molecule has 0 saturated carbocycles. The second kappa shape index (κ2) is 4.93. The quantitative estimate of drug-likeness (QED) is 0.653. The van der Waals surface area contributed by atoms with Crippen LogP contribution in [0.5, 0.6) is 0 Å². The molecule has 2 atom stereocenters. The molecule has 0 aliphatic carbocycles. The Balaban J connectivity index is 2.32. The molecule has 0 aromatic carbocycles. The zero-order valence-electron chi connectivity index (χ0n) is 10.8. The molecule has 2 unspecified atom stereocenters. The van der Waals surface area contributed by atoms with Crippen LogP contribution >= 0.6 is 0 Å². The Kier molecular flexibility index (Phi) is 3.51. The van der Waals surface area contributed by atoms with E-state index in [1.54, 1.807) is 11.6 Å². The lowest BCUT2D eigenvalue weighted by molar-refractivity contribution is -0.384. The second-order valence-electron chi connectivity index (χ2n) is 4.47. The summed E-state index contributed by atoms with van der Waals surface area (Å²) in [7, 11) is 0. The van der Waals surface area contributed by atoms with Crippen LogP contribution in [0.1, 0.15) is 26.0 Å². The summed E-state index contributed by atoms with van der Waals surface area (Å²) < 4.78 is 7.09. The highest BCUT2D eigenvalue weighted by Crippen LogP contribution is 2.30. The number of nitrogens with zero attached hydrogens (tertiary/aromatic N) is 3. The highest BCUT2D eigenvalue weighted by molar-refractivity contribution is 5.60. The predicted molar refractivity (Wildman–Crippen MR) is 66.7 cm³/mol. The van der Waals surface area contributed by atoms with Gasteiger partial charge in [0, 0.05) is 13.2 Å². The van der Waals surface area contributed by atoms with Gasteiger partial charge in [0.1, 0.15) is 5.69 Å². The van der Waals surface area contributed by atoms with Crippen LogP contribution in [0.2, 0.25) is 0 Å². The number of ether oxygens (including phenoxy) is 1. The molecule has 1 aromatic heterocycles. The van der Waals surface area contributed by atoms with Crippen LogP contribution in [0.3, 0.4) is 0 Å². The van der Waals surface area contributed by atoms with Gasteiger partial charge >= 0.3 is 5.69 Å². The van der Waals surface area contributed by atoms with Crippen molar-refractivity contribution in [3.05, 3.63) is 15.8 Å². The molecule has 2 rings (SSSR count). The van der Waals surface area contributed by atoms with Crippen LogP contribution < -0.4 is 5.32 Å². The minimum Gasteiger partial charge on any atom is -0.376 e. The van der Waals surface area contributed by atoms with E-state index in [0.29, 0.717) is 24.7 Å². The normalized spacial score (nSPS) is 23.3. The molecule has 0 spiro atoms. The molecule has 1 aliphatic heterocycles. The molecule has 0 bridgehead atoms. The number of nitrogens with one attached hydrogen (secondary N) is 1. The van der Waals surface area contributed by atoms with Crippen molar-refractivity contribution in [2.75, 3.05) is 11.9 Å². The van der Waals surface area contributed by atoms with Gasteiger partial charge in [0.2, 0.25) is 5.82 Å². The molecule has 100 valence electrons. The zero-order valence-corrected chi connectivity index (χ0v) is 10.8. The molecule has 1 aromatic rings. The number of nitro groups is 1. The average Bonchev–Trinajstić information content (AvgIpc) is 2.84. The molecule has 0 amide bonds. The molecule has 7 heteroatoms. The van der Waals surface area contributed by atoms with E-state index in [0.717, 1.165) is 6.42 Å². The van der Waals surface area contributed by atoms with E-state index in [2.05, 4.69) is 10.4 Å². The fourth-order valence-corrected chi connectivity index (χ4v) is 2.26. The van der Waals surface area contributed by atoms with Gasteiger partial charge in [-0.05, 0) is 27.2 Å². The molecule has 1 fully saturated rings. The van der Waals surface area contributed by atoms with Gasteiger partial charge in [-0.2, -0.15) is 5.10 Å². The third kappa shape index (κ3) is 2.17. The lowest BCUT2D eigenvalue weighted by atomic mass is 10.1. The lowest BCUT2D eigenvalue weighted by Crippen LogP contribution is -2.28. The molecule has 0 radical (unpaired) electrons. The first-order valence-electron chi connectivity index (χ1n) is 6.14. The van der Waals surface area contributed by atoms with E-state index in [4.69, 9.17) is 4.74 Å². The van der Waals surface area contributed by atoms with E-state index in [1.165, 1.54) is 0 Å². The van der Waals surface area contributed by atoms with Crippen LogP contribution in [0.25, 0.3) is 0 Å². The van der Waals surface area contributed by atoms with Gasteiger partial charge < -0.3 is 10.1 Å². The van der Waals surface area contributed by atoms with Crippen LogP contribution in [0.15, 0.2) is 0 Å². The van der Waals surface area contributed by atoms with E-state index >= 15 is 0 Å². The summed E-state index contributed by atoms with van der Waals surface area (Å²) in [6, 6.07) is 0.102. The van der Waals surface area contributed by atoms with Crippen molar-refractivity contribution in [2.45, 2.75) is 45.9 Å². The highest BCUT2D eigenvalue weighted by Gasteiger charge is 2.30. The van der Waals surface area contributed by atoms with E-state index in [1.807, 2.05) is 13.8 Å². The fraction of sp³-hybridized carbons (Fsp3) is 0.727. The third-order valence-corrected chi connectivity index (χ3v) is 3.28. The molecular weight excluding hydrogens is 236 g/mol. The summed E-state index contributed by atoms with van der Waals surface area (Å²) in [5.74, 6) is 0.488. The number of hydrogen-bond donors (Lipinski definition) is 1. The standard InChI is InChI=1S/C11H18N4O3/c1-4-14-11(10(15(16)17)7(2)13-14)12-9-5-6-18-8(9)3/h8-9,12H,4-6H2,1-3H3. The van der Waals surface area contributed by atoms with E-state index in [9.17, 15) is 10.1 Å². The maximum Gasteiger partial charge on any atom is 0.333 e. The second-order valence-corrected chi connectivity index (χ2v) is 4.47. The lowest BCUT2D eigenvalue weighted by Gasteiger charge is -2.17. The van der Waals surface area contributed by atoms with Crippen molar-refractivity contribution in [3.63, 3.8) is 0 Å². The first-order valence-corrected chi connectivity index (χ1v) is 6.14. The topological polar surface area (TPSA) is 82.2 Å². The third-order valence-electron chi connectivity index (χ3n) is 3.28. The van der Waals surface area contributed by atoms with Crippen molar-refractivity contribution in [3.8, 4) is 0 Å². The molecule has 7 nitrogen and oxygen atoms in total. The minimum atomic E-state index is -0.378. The summed E-state index contributed by atoms with van der Waals surface area (Å²) in [6.07, 6.45) is 0.914. The highest BCUT2D eigenvalue weighted by atomic mass is 16.6.